The highest BCUT2D eigenvalue weighted by atomic mass is 16.5. The van der Waals surface area contributed by atoms with Crippen LogP contribution < -0.4 is 10.7 Å². The van der Waals surface area contributed by atoms with Gasteiger partial charge in [0.1, 0.15) is 29.9 Å². The Bertz CT molecular complexity index is 2770. The van der Waals surface area contributed by atoms with Gasteiger partial charge in [-0.15, -0.1) is 0 Å². The number of phenols is 1. The third kappa shape index (κ3) is 11.8. The van der Waals surface area contributed by atoms with Crippen LogP contribution in [0.5, 0.6) is 5.75 Å². The van der Waals surface area contributed by atoms with Crippen LogP contribution in [0.15, 0.2) is 54.7 Å². The summed E-state index contributed by atoms with van der Waals surface area (Å²) in [6.45, 7) is 15.3. The van der Waals surface area contributed by atoms with Crippen molar-refractivity contribution < 1.29 is 43.3 Å². The maximum absolute atomic E-state index is 14.8. The molecule has 0 radical (unpaired) electrons. The average molecular weight is 1020 g/mol. The van der Waals surface area contributed by atoms with Gasteiger partial charge in [0.05, 0.1) is 30.6 Å². The van der Waals surface area contributed by atoms with Gasteiger partial charge in [-0.05, 0) is 111 Å². The number of esters is 1. The van der Waals surface area contributed by atoms with Crippen LogP contribution in [0.3, 0.4) is 0 Å². The number of aromatic hydroxyl groups is 1. The molecule has 18 heteroatoms. The summed E-state index contributed by atoms with van der Waals surface area (Å²) in [6.07, 6.45) is 5.12. The van der Waals surface area contributed by atoms with E-state index in [1.54, 1.807) is 32.5 Å². The zero-order valence-electron chi connectivity index (χ0n) is 44.6. The fourth-order valence-electron chi connectivity index (χ4n) is 11.1. The molecule has 3 saturated heterocycles. The third-order valence-electron chi connectivity index (χ3n) is 15.2. The lowest BCUT2D eigenvalue weighted by Gasteiger charge is -2.37. The number of amides is 5. The Morgan fingerprint density at radius 1 is 1.01 bits per heavy atom. The van der Waals surface area contributed by atoms with Crippen molar-refractivity contribution in [3.05, 3.63) is 71.5 Å². The number of nitrogens with one attached hydrogen (secondary N) is 2. The number of hydrogen-bond donors (Lipinski definition) is 3. The molecular weight excluding hydrogens is 943 g/mol. The zero-order chi connectivity index (χ0) is 53.2. The van der Waals surface area contributed by atoms with E-state index in [0.717, 1.165) is 58.4 Å². The Hall–Kier alpha value is -6.37. The van der Waals surface area contributed by atoms with Gasteiger partial charge in [0.15, 0.2) is 0 Å². The van der Waals surface area contributed by atoms with E-state index in [-0.39, 0.29) is 55.8 Å². The quantitative estimate of drug-likeness (QED) is 0.106. The zero-order valence-corrected chi connectivity index (χ0v) is 44.6. The minimum Gasteiger partial charge on any atom is -0.508 e. The second-order valence-corrected chi connectivity index (χ2v) is 21.8. The molecule has 18 nitrogen and oxygen atoms in total. The van der Waals surface area contributed by atoms with Crippen molar-refractivity contribution in [1.82, 2.24) is 44.9 Å². The number of methoxy groups -OCH3 is 1. The Morgan fingerprint density at radius 3 is 2.51 bits per heavy atom. The van der Waals surface area contributed by atoms with Crippen LogP contribution in [-0.4, -0.2) is 166 Å². The Labute approximate surface area is 434 Å². The molecule has 0 saturated carbocycles. The van der Waals surface area contributed by atoms with Crippen LogP contribution >= 0.6 is 0 Å². The smallest absolute Gasteiger partial charge is 0.324 e. The molecule has 6 bridgehead atoms. The summed E-state index contributed by atoms with van der Waals surface area (Å²) in [4.78, 5) is 94.3. The number of fused-ring (bicyclic) bond motifs is 6. The fourth-order valence-corrected chi connectivity index (χ4v) is 11.1. The lowest BCUT2D eigenvalue weighted by molar-refractivity contribution is -0.155. The number of likely N-dealkylation sites (N-methyl/N-ethyl adjacent to an activating group) is 2. The predicted molar refractivity (Wildman–Crippen MR) is 280 cm³/mol. The van der Waals surface area contributed by atoms with Crippen molar-refractivity contribution in [3.8, 4) is 28.1 Å². The Balaban J connectivity index is 1.08. The lowest BCUT2D eigenvalue weighted by Crippen LogP contribution is -2.62. The number of likely N-dealkylation sites (tertiary alicyclic amines) is 1. The van der Waals surface area contributed by atoms with E-state index >= 15 is 0 Å². The normalized spacial score (nSPS) is 21.8. The van der Waals surface area contributed by atoms with E-state index < -0.39 is 53.1 Å². The van der Waals surface area contributed by atoms with Crippen LogP contribution in [0.4, 0.5) is 0 Å². The number of carbonyl (C=O) groups is 6. The van der Waals surface area contributed by atoms with Crippen LogP contribution in [0.1, 0.15) is 96.6 Å². The van der Waals surface area contributed by atoms with Crippen molar-refractivity contribution in [3.63, 3.8) is 0 Å². The van der Waals surface area contributed by atoms with Crippen molar-refractivity contribution >= 4 is 46.4 Å². The van der Waals surface area contributed by atoms with Gasteiger partial charge < -0.3 is 39.2 Å². The topological polar surface area (TPSA) is 199 Å². The number of benzene rings is 2. The highest BCUT2D eigenvalue weighted by molar-refractivity contribution is 5.96. The van der Waals surface area contributed by atoms with Crippen LogP contribution in [0, 0.1) is 11.3 Å². The highest BCUT2D eigenvalue weighted by Gasteiger charge is 2.43. The SMILES string of the molecule is CCn1c(-c2cccnc2[C@H](C)OC)c2c3cc(ccc31)-c1cc(O)cc(c1)C[C@H](NC(=O)[C@H](C(C)C)N(C)C(=O)CN(C)C(=O)[C@@H]1CN1CCCN1CCCC1=O)C(=O)N1CCC[C@H](N1)C(=O)OCC(C)(C)C2. The van der Waals surface area contributed by atoms with Crippen molar-refractivity contribution in [2.45, 2.75) is 123 Å². The number of carbonyl (C=O) groups excluding carboxylic acids is 6. The maximum Gasteiger partial charge on any atom is 0.324 e. The number of hydrazine groups is 1. The molecule has 0 aliphatic carbocycles. The standard InChI is InChI=1S/C56H75N9O9/c1-10-64-45-19-18-37-29-41(45)42(51(64)40-15-11-20-57-49(40)35(4)73-9)30-56(5,6)33-74-55(72)43-16-12-24-65(59-43)53(70)44(27-36-25-38(37)28-39(66)26-36)58-52(69)50(34(2)3)61(8)48(68)32-60(7)54(71)46-31-63(46)23-14-22-62-21-13-17-47(62)67/h11,15,18-20,25-26,28-29,34-35,43-44,46,50,59,66H,10,12-14,16-17,21-24,27,30-33H2,1-9H3,(H,58,69)/t35-,43-,44-,46-,50-,63?/m0/s1. The van der Waals surface area contributed by atoms with Crippen LogP contribution in [0.25, 0.3) is 33.3 Å². The van der Waals surface area contributed by atoms with Gasteiger partial charge >= 0.3 is 5.97 Å². The van der Waals surface area contributed by atoms with E-state index in [1.165, 1.54) is 21.9 Å². The number of aromatic nitrogens is 2. The lowest BCUT2D eigenvalue weighted by atomic mass is 9.84. The number of cyclic esters (lactones) is 1. The molecule has 5 amide bonds. The second kappa shape index (κ2) is 22.6. The van der Waals surface area contributed by atoms with Gasteiger partial charge in [-0.3, -0.25) is 43.7 Å². The summed E-state index contributed by atoms with van der Waals surface area (Å²) in [7, 11) is 4.77. The first-order valence-electron chi connectivity index (χ1n) is 26.3. The van der Waals surface area contributed by atoms with Gasteiger partial charge in [0, 0.05) is 101 Å². The molecule has 4 aliphatic heterocycles. The summed E-state index contributed by atoms with van der Waals surface area (Å²) >= 11 is 0. The predicted octanol–water partition coefficient (Wildman–Crippen LogP) is 5.09. The molecule has 2 aromatic carbocycles. The molecule has 0 spiro atoms. The van der Waals surface area contributed by atoms with E-state index in [4.69, 9.17) is 14.5 Å². The van der Waals surface area contributed by atoms with E-state index in [0.29, 0.717) is 63.0 Å². The molecule has 398 valence electrons. The number of aryl methyl sites for hydroxylation is 1. The number of rotatable bonds is 15. The maximum atomic E-state index is 14.8. The fraction of sp³-hybridized carbons (Fsp3) is 0.554. The Morgan fingerprint density at radius 2 is 1.80 bits per heavy atom. The molecule has 4 aliphatic rings. The molecule has 3 fully saturated rings. The molecule has 8 rings (SSSR count). The number of nitrogens with zero attached hydrogens (tertiary/aromatic N) is 7. The van der Waals surface area contributed by atoms with E-state index in [9.17, 15) is 33.9 Å². The molecular formula is C56H75N9O9. The van der Waals surface area contributed by atoms with Crippen LogP contribution in [0.2, 0.25) is 0 Å². The number of phenolic OH excluding ortho intramolecular Hbond substituents is 1. The van der Waals surface area contributed by atoms with E-state index in [1.807, 2.05) is 48.8 Å². The van der Waals surface area contributed by atoms with Gasteiger partial charge in [0.2, 0.25) is 23.6 Å². The summed E-state index contributed by atoms with van der Waals surface area (Å²) in [5, 5.41) is 16.7. The summed E-state index contributed by atoms with van der Waals surface area (Å²) < 4.78 is 14.2. The first kappa shape index (κ1) is 53.9. The molecule has 3 N–H and O–H groups in total. The summed E-state index contributed by atoms with van der Waals surface area (Å²) in [6, 6.07) is 12.0. The van der Waals surface area contributed by atoms with Crippen molar-refractivity contribution in [1.29, 1.82) is 0 Å². The van der Waals surface area contributed by atoms with Gasteiger partial charge in [-0.25, -0.2) is 5.43 Å². The summed E-state index contributed by atoms with van der Waals surface area (Å²) in [5.41, 5.74) is 9.43. The van der Waals surface area contributed by atoms with Gasteiger partial charge in [0.25, 0.3) is 5.91 Å². The molecule has 6 atom stereocenters. The highest BCUT2D eigenvalue weighted by Crippen LogP contribution is 2.42. The minimum absolute atomic E-state index is 0.0258. The molecule has 4 aromatic rings. The third-order valence-corrected chi connectivity index (χ3v) is 15.2. The van der Waals surface area contributed by atoms with Crippen molar-refractivity contribution in [2.24, 2.45) is 11.3 Å². The van der Waals surface area contributed by atoms with Crippen molar-refractivity contribution in [2.75, 3.05) is 67.1 Å². The first-order chi connectivity index (χ1) is 35.3. The number of ether oxygens (including phenoxy) is 2. The summed E-state index contributed by atoms with van der Waals surface area (Å²) in [5.74, 6) is -2.46. The number of hydrogen-bond acceptors (Lipinski definition) is 12. The monoisotopic (exact) mass is 1020 g/mol. The van der Waals surface area contributed by atoms with Crippen LogP contribution in [-0.2, 0) is 57.6 Å². The largest absolute Gasteiger partial charge is 0.508 e. The minimum atomic E-state index is -1.20. The molecule has 6 heterocycles. The van der Waals surface area contributed by atoms with Gasteiger partial charge in [-0.1, -0.05) is 39.8 Å². The molecule has 74 heavy (non-hydrogen) atoms. The Kier molecular flexibility index (Phi) is 16.5. The number of pyridine rings is 1. The molecule has 2 aromatic heterocycles. The average Bonchev–Trinajstić information content (AvgIpc) is 3.93. The first-order valence-corrected chi connectivity index (χ1v) is 26.3. The second-order valence-electron chi connectivity index (χ2n) is 21.8. The van der Waals surface area contributed by atoms with E-state index in [2.05, 4.69) is 54.3 Å². The molecule has 1 unspecified atom stereocenters. The van der Waals surface area contributed by atoms with Gasteiger partial charge in [-0.2, -0.15) is 0 Å².